The van der Waals surface area contributed by atoms with Crippen molar-refractivity contribution in [2.24, 2.45) is 0 Å². The molecule has 1 N–H and O–H groups in total. The molecule has 0 saturated carbocycles. The summed E-state index contributed by atoms with van der Waals surface area (Å²) >= 11 is 0. The van der Waals surface area contributed by atoms with Crippen molar-refractivity contribution >= 4 is 16.9 Å². The van der Waals surface area contributed by atoms with Gasteiger partial charge in [-0.3, -0.25) is 14.2 Å². The summed E-state index contributed by atoms with van der Waals surface area (Å²) in [5.41, 5.74) is 0.973. The van der Waals surface area contributed by atoms with Crippen molar-refractivity contribution in [1.82, 2.24) is 24.6 Å². The van der Waals surface area contributed by atoms with Crippen molar-refractivity contribution in [3.8, 4) is 11.5 Å². The van der Waals surface area contributed by atoms with Gasteiger partial charge in [-0.05, 0) is 48.9 Å². The Morgan fingerprint density at radius 3 is 2.47 bits per heavy atom. The Balaban J connectivity index is 1.30. The van der Waals surface area contributed by atoms with Gasteiger partial charge < -0.3 is 14.8 Å². The lowest BCUT2D eigenvalue weighted by Gasteiger charge is -2.09. The van der Waals surface area contributed by atoms with E-state index < -0.39 is 0 Å². The molecule has 0 radical (unpaired) electrons. The molecule has 2 heterocycles. The highest BCUT2D eigenvalue weighted by Gasteiger charge is 2.11. The lowest BCUT2D eigenvalue weighted by Crippen LogP contribution is -2.31. The van der Waals surface area contributed by atoms with Gasteiger partial charge in [-0.15, -0.1) is 0 Å². The van der Waals surface area contributed by atoms with Crippen LogP contribution in [0.5, 0.6) is 11.5 Å². The maximum atomic E-state index is 13.1. The molecule has 4 aromatic rings. The zero-order chi connectivity index (χ0) is 23.9. The van der Waals surface area contributed by atoms with E-state index in [1.807, 2.05) is 6.92 Å². The van der Waals surface area contributed by atoms with Gasteiger partial charge in [-0.2, -0.15) is 5.10 Å². The zero-order valence-corrected chi connectivity index (χ0v) is 18.6. The normalized spacial score (nSPS) is 10.9. The van der Waals surface area contributed by atoms with E-state index in [4.69, 9.17) is 9.47 Å². The van der Waals surface area contributed by atoms with Crippen LogP contribution in [-0.2, 0) is 17.9 Å². The Bertz CT molecular complexity index is 1320. The molecular weight excluding hydrogens is 441 g/mol. The van der Waals surface area contributed by atoms with Crippen LogP contribution in [0.15, 0.2) is 65.8 Å². The number of hydrogen-bond donors (Lipinski definition) is 1. The number of carbonyl (C=O) groups is 1. The second-order valence-electron chi connectivity index (χ2n) is 7.45. The molecule has 0 aliphatic rings. The van der Waals surface area contributed by atoms with Crippen LogP contribution >= 0.6 is 0 Å². The predicted molar refractivity (Wildman–Crippen MR) is 123 cm³/mol. The third kappa shape index (κ3) is 5.58. The topological polar surface area (TPSA) is 100 Å². The van der Waals surface area contributed by atoms with E-state index >= 15 is 0 Å². The first-order valence-corrected chi connectivity index (χ1v) is 10.8. The Kier molecular flexibility index (Phi) is 7.16. The van der Waals surface area contributed by atoms with E-state index in [0.29, 0.717) is 36.5 Å². The molecule has 34 heavy (non-hydrogen) atoms. The van der Waals surface area contributed by atoms with Crippen molar-refractivity contribution in [2.45, 2.75) is 20.0 Å². The number of halogens is 1. The van der Waals surface area contributed by atoms with Crippen LogP contribution < -0.4 is 20.3 Å². The molecule has 4 rings (SSSR count). The van der Waals surface area contributed by atoms with Gasteiger partial charge in [0, 0.05) is 6.54 Å². The van der Waals surface area contributed by atoms with Crippen LogP contribution in [0.2, 0.25) is 0 Å². The molecule has 2 aromatic carbocycles. The molecule has 0 spiro atoms. The second-order valence-corrected chi connectivity index (χ2v) is 7.45. The molecule has 1 amide bonds. The van der Waals surface area contributed by atoms with Gasteiger partial charge >= 0.3 is 0 Å². The van der Waals surface area contributed by atoms with Crippen LogP contribution in [0, 0.1) is 5.82 Å². The minimum Gasteiger partial charge on any atom is -0.494 e. The lowest BCUT2D eigenvalue weighted by molar-refractivity contribution is -0.123. The molecule has 0 atom stereocenters. The fourth-order valence-corrected chi connectivity index (χ4v) is 3.36. The Hall–Kier alpha value is -4.21. The third-order valence-corrected chi connectivity index (χ3v) is 5.04. The highest BCUT2D eigenvalue weighted by Crippen LogP contribution is 2.17. The van der Waals surface area contributed by atoms with Crippen LogP contribution in [0.25, 0.3) is 11.0 Å². The molecule has 0 fully saturated rings. The largest absolute Gasteiger partial charge is 0.494 e. The third-order valence-electron chi connectivity index (χ3n) is 5.04. The minimum absolute atomic E-state index is 0.125. The quantitative estimate of drug-likeness (QED) is 0.386. The predicted octanol–water partition coefficient (Wildman–Crippen LogP) is 2.37. The van der Waals surface area contributed by atoms with Gasteiger partial charge in [0.1, 0.15) is 29.0 Å². The molecule has 0 aliphatic carbocycles. The number of carbonyl (C=O) groups excluding carboxylic acids is 1. The minimum atomic E-state index is -0.333. The molecule has 176 valence electrons. The molecule has 0 saturated heterocycles. The second kappa shape index (κ2) is 10.6. The monoisotopic (exact) mass is 465 g/mol. The van der Waals surface area contributed by atoms with Crippen LogP contribution in [-0.4, -0.2) is 45.0 Å². The van der Waals surface area contributed by atoms with Gasteiger partial charge in [0.2, 0.25) is 0 Å². The summed E-state index contributed by atoms with van der Waals surface area (Å²) in [7, 11) is 0. The number of ether oxygens (including phenoxy) is 2. The van der Waals surface area contributed by atoms with Crippen molar-refractivity contribution < 1.29 is 18.7 Å². The summed E-state index contributed by atoms with van der Waals surface area (Å²) < 4.78 is 26.9. The fourth-order valence-electron chi connectivity index (χ4n) is 3.36. The Morgan fingerprint density at radius 1 is 1.06 bits per heavy atom. The SMILES string of the molecule is CCOc1ccc(OCC(=O)NCCn2ncc3c(=O)n(Cc4ccc(F)cc4)cnc32)cc1. The maximum Gasteiger partial charge on any atom is 0.264 e. The highest BCUT2D eigenvalue weighted by atomic mass is 19.1. The van der Waals surface area contributed by atoms with E-state index in [0.717, 1.165) is 11.3 Å². The summed E-state index contributed by atoms with van der Waals surface area (Å²) in [5.74, 6) is 0.695. The van der Waals surface area contributed by atoms with Gasteiger partial charge in [0.05, 0.1) is 25.9 Å². The summed E-state index contributed by atoms with van der Waals surface area (Å²) in [6, 6.07) is 13.0. The van der Waals surface area contributed by atoms with E-state index in [2.05, 4.69) is 15.4 Å². The maximum absolute atomic E-state index is 13.1. The van der Waals surface area contributed by atoms with Crippen molar-refractivity contribution in [3.05, 3.63) is 82.8 Å². The molecule has 0 unspecified atom stereocenters. The van der Waals surface area contributed by atoms with E-state index in [9.17, 15) is 14.0 Å². The van der Waals surface area contributed by atoms with Crippen molar-refractivity contribution in [1.29, 1.82) is 0 Å². The molecule has 10 heteroatoms. The van der Waals surface area contributed by atoms with E-state index in [-0.39, 0.29) is 30.4 Å². The van der Waals surface area contributed by atoms with Gasteiger partial charge in [0.25, 0.3) is 11.5 Å². The molecule has 9 nitrogen and oxygen atoms in total. The summed E-state index contributed by atoms with van der Waals surface area (Å²) in [4.78, 5) is 29.2. The molecule has 0 aliphatic heterocycles. The molecule has 0 bridgehead atoms. The van der Waals surface area contributed by atoms with E-state index in [1.165, 1.54) is 29.2 Å². The number of nitrogens with one attached hydrogen (secondary N) is 1. The lowest BCUT2D eigenvalue weighted by atomic mass is 10.2. The summed E-state index contributed by atoms with van der Waals surface area (Å²) in [6.07, 6.45) is 2.90. The molecule has 2 aromatic heterocycles. The van der Waals surface area contributed by atoms with Crippen molar-refractivity contribution in [3.63, 3.8) is 0 Å². The average Bonchev–Trinajstić information content (AvgIpc) is 3.26. The zero-order valence-electron chi connectivity index (χ0n) is 18.6. The average molecular weight is 465 g/mol. The summed E-state index contributed by atoms with van der Waals surface area (Å²) in [5, 5.41) is 7.36. The molecular formula is C24H24FN5O4. The summed E-state index contributed by atoms with van der Waals surface area (Å²) in [6.45, 7) is 3.27. The van der Waals surface area contributed by atoms with Crippen molar-refractivity contribution in [2.75, 3.05) is 19.8 Å². The standard InChI is InChI=1S/C24H24FN5O4/c1-2-33-19-7-9-20(10-8-19)34-15-22(31)26-11-12-30-23-21(13-28-30)24(32)29(16-27-23)14-17-3-5-18(25)6-4-17/h3-10,13,16H,2,11-12,14-15H2,1H3,(H,26,31). The van der Waals surface area contributed by atoms with Gasteiger partial charge in [-0.25, -0.2) is 14.1 Å². The van der Waals surface area contributed by atoms with E-state index in [1.54, 1.807) is 41.1 Å². The number of fused-ring (bicyclic) bond motifs is 1. The Labute approximate surface area is 194 Å². The van der Waals surface area contributed by atoms with Gasteiger partial charge in [0.15, 0.2) is 12.3 Å². The fraction of sp³-hybridized carbons (Fsp3) is 0.250. The van der Waals surface area contributed by atoms with Gasteiger partial charge in [-0.1, -0.05) is 12.1 Å². The highest BCUT2D eigenvalue weighted by molar-refractivity contribution is 5.77. The Morgan fingerprint density at radius 2 is 1.76 bits per heavy atom. The van der Waals surface area contributed by atoms with Crippen LogP contribution in [0.3, 0.4) is 0 Å². The van der Waals surface area contributed by atoms with Crippen LogP contribution in [0.1, 0.15) is 12.5 Å². The smallest absolute Gasteiger partial charge is 0.264 e. The number of aromatic nitrogens is 4. The first-order valence-electron chi connectivity index (χ1n) is 10.8. The first-order chi connectivity index (χ1) is 16.5. The number of benzene rings is 2. The van der Waals surface area contributed by atoms with Crippen LogP contribution in [0.4, 0.5) is 4.39 Å². The number of hydrogen-bond acceptors (Lipinski definition) is 6. The number of rotatable bonds is 10. The first kappa shape index (κ1) is 23.0. The number of nitrogens with zero attached hydrogens (tertiary/aromatic N) is 4. The number of amides is 1.